The molecule has 0 radical (unpaired) electrons. The van der Waals surface area contributed by atoms with Crippen LogP contribution in [0.5, 0.6) is 0 Å². The molecule has 3 heteroatoms. The van der Waals surface area contributed by atoms with E-state index >= 15 is 0 Å². The van der Waals surface area contributed by atoms with Gasteiger partial charge in [0.25, 0.3) is 0 Å². The molecular weight excluding hydrogens is 295 g/mol. The molecule has 0 spiro atoms. The smallest absolute Gasteiger partial charge is 0.0624 e. The van der Waals surface area contributed by atoms with Crippen LogP contribution in [0.2, 0.25) is 10.0 Å². The Hall–Kier alpha value is 0.280. The third-order valence-electron chi connectivity index (χ3n) is 2.46. The SMILES string of the molecule is CCCC(CBr)Cc1cccc(Cl)c1Cl. The van der Waals surface area contributed by atoms with Gasteiger partial charge in [0.2, 0.25) is 0 Å². The van der Waals surface area contributed by atoms with E-state index in [1.807, 2.05) is 12.1 Å². The second-order valence-electron chi connectivity index (χ2n) is 3.73. The summed E-state index contributed by atoms with van der Waals surface area (Å²) < 4.78 is 0. The van der Waals surface area contributed by atoms with Gasteiger partial charge < -0.3 is 0 Å². The normalized spacial score (nSPS) is 12.8. The molecule has 84 valence electrons. The predicted molar refractivity (Wildman–Crippen MR) is 72.4 cm³/mol. The Morgan fingerprint density at radius 1 is 1.33 bits per heavy atom. The van der Waals surface area contributed by atoms with Gasteiger partial charge in [0, 0.05) is 5.33 Å². The molecule has 0 amide bonds. The largest absolute Gasteiger partial charge is 0.0925 e. The summed E-state index contributed by atoms with van der Waals surface area (Å²) in [5, 5.41) is 2.38. The molecule has 0 saturated carbocycles. The minimum absolute atomic E-state index is 0.644. The van der Waals surface area contributed by atoms with Gasteiger partial charge in [-0.15, -0.1) is 0 Å². The summed E-state index contributed by atoms with van der Waals surface area (Å²) in [6.45, 7) is 2.20. The molecule has 1 atom stereocenters. The van der Waals surface area contributed by atoms with Crippen molar-refractivity contribution in [2.75, 3.05) is 5.33 Å². The minimum atomic E-state index is 0.644. The molecule has 0 heterocycles. The molecule has 0 fully saturated rings. The fraction of sp³-hybridized carbons (Fsp3) is 0.500. The van der Waals surface area contributed by atoms with E-state index < -0.39 is 0 Å². The lowest BCUT2D eigenvalue weighted by Gasteiger charge is -2.14. The average molecular weight is 310 g/mol. The van der Waals surface area contributed by atoms with Gasteiger partial charge in [-0.2, -0.15) is 0 Å². The molecule has 0 aromatic heterocycles. The number of hydrogen-bond donors (Lipinski definition) is 0. The maximum absolute atomic E-state index is 6.15. The van der Waals surface area contributed by atoms with E-state index in [4.69, 9.17) is 23.2 Å². The molecular formula is C12H15BrCl2. The molecule has 1 aromatic rings. The van der Waals surface area contributed by atoms with Gasteiger partial charge in [0.15, 0.2) is 0 Å². The highest BCUT2D eigenvalue weighted by atomic mass is 79.9. The van der Waals surface area contributed by atoms with Crippen molar-refractivity contribution < 1.29 is 0 Å². The van der Waals surface area contributed by atoms with E-state index in [2.05, 4.69) is 28.9 Å². The lowest BCUT2D eigenvalue weighted by Crippen LogP contribution is -2.06. The Morgan fingerprint density at radius 3 is 2.67 bits per heavy atom. The van der Waals surface area contributed by atoms with E-state index in [9.17, 15) is 0 Å². The molecule has 15 heavy (non-hydrogen) atoms. The Bertz CT molecular complexity index is 312. The Morgan fingerprint density at radius 2 is 2.07 bits per heavy atom. The first-order valence-electron chi connectivity index (χ1n) is 5.17. The zero-order valence-electron chi connectivity index (χ0n) is 8.77. The number of benzene rings is 1. The molecule has 0 aliphatic carbocycles. The lowest BCUT2D eigenvalue weighted by molar-refractivity contribution is 0.534. The van der Waals surface area contributed by atoms with Crippen LogP contribution in [0.1, 0.15) is 25.3 Å². The van der Waals surface area contributed by atoms with Crippen LogP contribution < -0.4 is 0 Å². The zero-order valence-corrected chi connectivity index (χ0v) is 11.9. The summed E-state index contributed by atoms with van der Waals surface area (Å²) in [7, 11) is 0. The van der Waals surface area contributed by atoms with Crippen molar-refractivity contribution in [3.05, 3.63) is 33.8 Å². The number of alkyl halides is 1. The fourth-order valence-corrected chi connectivity index (χ4v) is 2.61. The van der Waals surface area contributed by atoms with E-state index in [-0.39, 0.29) is 0 Å². The van der Waals surface area contributed by atoms with Gasteiger partial charge in [-0.3, -0.25) is 0 Å². The van der Waals surface area contributed by atoms with Crippen molar-refractivity contribution >= 4 is 39.1 Å². The minimum Gasteiger partial charge on any atom is -0.0925 e. The van der Waals surface area contributed by atoms with Crippen LogP contribution in [0.15, 0.2) is 18.2 Å². The molecule has 0 saturated heterocycles. The standard InChI is InChI=1S/C12H15BrCl2/c1-2-4-9(8-13)7-10-5-3-6-11(14)12(10)15/h3,5-6,9H,2,4,7-8H2,1H3. The highest BCUT2D eigenvalue weighted by Crippen LogP contribution is 2.28. The van der Waals surface area contributed by atoms with E-state index in [1.54, 1.807) is 0 Å². The van der Waals surface area contributed by atoms with Gasteiger partial charge in [0.05, 0.1) is 10.0 Å². The second-order valence-corrected chi connectivity index (χ2v) is 5.16. The van der Waals surface area contributed by atoms with Crippen molar-refractivity contribution in [2.24, 2.45) is 5.92 Å². The molecule has 0 aliphatic rings. The maximum atomic E-state index is 6.15. The van der Waals surface area contributed by atoms with Gasteiger partial charge >= 0.3 is 0 Å². The summed E-state index contributed by atoms with van der Waals surface area (Å²) in [4.78, 5) is 0. The molecule has 0 N–H and O–H groups in total. The topological polar surface area (TPSA) is 0 Å². The summed E-state index contributed by atoms with van der Waals surface area (Å²) in [6.07, 6.45) is 3.42. The van der Waals surface area contributed by atoms with Crippen LogP contribution in [0.4, 0.5) is 0 Å². The van der Waals surface area contributed by atoms with Gasteiger partial charge in [-0.1, -0.05) is 64.6 Å². The quantitative estimate of drug-likeness (QED) is 0.643. The summed E-state index contributed by atoms with van der Waals surface area (Å²) >= 11 is 15.7. The number of rotatable bonds is 5. The summed E-state index contributed by atoms with van der Waals surface area (Å²) in [5.41, 5.74) is 1.15. The number of halogens is 3. The van der Waals surface area contributed by atoms with Gasteiger partial charge in [-0.25, -0.2) is 0 Å². The van der Waals surface area contributed by atoms with E-state index in [1.165, 1.54) is 12.8 Å². The molecule has 1 rings (SSSR count). The van der Waals surface area contributed by atoms with Crippen molar-refractivity contribution in [1.29, 1.82) is 0 Å². The van der Waals surface area contributed by atoms with Crippen LogP contribution in [-0.4, -0.2) is 5.33 Å². The molecule has 1 aromatic carbocycles. The highest BCUT2D eigenvalue weighted by molar-refractivity contribution is 9.09. The average Bonchev–Trinajstić information content (AvgIpc) is 2.24. The van der Waals surface area contributed by atoms with Crippen LogP contribution >= 0.6 is 39.1 Å². The lowest BCUT2D eigenvalue weighted by atomic mass is 9.97. The van der Waals surface area contributed by atoms with Crippen LogP contribution in [0.25, 0.3) is 0 Å². The van der Waals surface area contributed by atoms with Crippen LogP contribution in [0, 0.1) is 5.92 Å². The maximum Gasteiger partial charge on any atom is 0.0624 e. The first-order valence-corrected chi connectivity index (χ1v) is 7.05. The van der Waals surface area contributed by atoms with Gasteiger partial charge in [-0.05, 0) is 30.4 Å². The summed E-state index contributed by atoms with van der Waals surface area (Å²) in [6, 6.07) is 5.84. The van der Waals surface area contributed by atoms with E-state index in [0.29, 0.717) is 16.0 Å². The Balaban J connectivity index is 2.74. The third-order valence-corrected chi connectivity index (χ3v) is 4.23. The predicted octanol–water partition coefficient (Wildman–Crippen LogP) is 5.35. The first-order chi connectivity index (χ1) is 7.19. The van der Waals surface area contributed by atoms with E-state index in [0.717, 1.165) is 17.3 Å². The Kier molecular flexibility index (Phi) is 6.03. The fourth-order valence-electron chi connectivity index (χ4n) is 1.66. The molecule has 0 bridgehead atoms. The van der Waals surface area contributed by atoms with Crippen LogP contribution in [0.3, 0.4) is 0 Å². The second kappa shape index (κ2) is 6.78. The molecule has 1 unspecified atom stereocenters. The monoisotopic (exact) mass is 308 g/mol. The highest BCUT2D eigenvalue weighted by Gasteiger charge is 2.11. The van der Waals surface area contributed by atoms with Crippen molar-refractivity contribution in [2.45, 2.75) is 26.2 Å². The first kappa shape index (κ1) is 13.3. The van der Waals surface area contributed by atoms with Crippen LogP contribution in [-0.2, 0) is 6.42 Å². The molecule has 0 nitrogen and oxygen atoms in total. The molecule has 0 aliphatic heterocycles. The van der Waals surface area contributed by atoms with Gasteiger partial charge in [0.1, 0.15) is 0 Å². The summed E-state index contributed by atoms with van der Waals surface area (Å²) in [5.74, 6) is 0.644. The van der Waals surface area contributed by atoms with Crippen molar-refractivity contribution in [3.63, 3.8) is 0 Å². The third kappa shape index (κ3) is 3.97. The van der Waals surface area contributed by atoms with Crippen molar-refractivity contribution in [1.82, 2.24) is 0 Å². The Labute approximate surface area is 110 Å². The number of hydrogen-bond acceptors (Lipinski definition) is 0. The van der Waals surface area contributed by atoms with Crippen molar-refractivity contribution in [3.8, 4) is 0 Å². The zero-order chi connectivity index (χ0) is 11.3.